The lowest BCUT2D eigenvalue weighted by Gasteiger charge is -2.25. The predicted molar refractivity (Wildman–Crippen MR) is 148 cm³/mol. The molecule has 1 saturated carbocycles. The van der Waals surface area contributed by atoms with Crippen molar-refractivity contribution in [3.63, 3.8) is 0 Å². The number of halogens is 1. The number of Topliss-reactive ketones (excluding diaryl/α,β-unsaturated/α-hetero) is 1. The van der Waals surface area contributed by atoms with Crippen molar-refractivity contribution in [3.8, 4) is 5.88 Å². The molecule has 0 radical (unpaired) electrons. The molecule has 1 amide bonds. The number of amides is 1. The smallest absolute Gasteiger partial charge is 0.414 e. The molecule has 1 aromatic heterocycles. The van der Waals surface area contributed by atoms with Gasteiger partial charge in [-0.25, -0.2) is 14.2 Å². The monoisotopic (exact) mass is 535 g/mol. The fourth-order valence-corrected chi connectivity index (χ4v) is 4.33. The van der Waals surface area contributed by atoms with Gasteiger partial charge >= 0.3 is 6.09 Å². The van der Waals surface area contributed by atoms with E-state index in [0.717, 1.165) is 44.5 Å². The average molecular weight is 536 g/mol. The maximum atomic E-state index is 14.3. The van der Waals surface area contributed by atoms with Gasteiger partial charge in [-0.15, -0.1) is 0 Å². The van der Waals surface area contributed by atoms with E-state index in [1.54, 1.807) is 24.4 Å². The van der Waals surface area contributed by atoms with E-state index in [-0.39, 0.29) is 24.4 Å². The van der Waals surface area contributed by atoms with Crippen molar-refractivity contribution in [1.82, 2.24) is 15.2 Å². The maximum absolute atomic E-state index is 14.3. The molecule has 2 fully saturated rings. The quantitative estimate of drug-likeness (QED) is 0.446. The first kappa shape index (κ1) is 28.5. The van der Waals surface area contributed by atoms with Crippen LogP contribution in [0.5, 0.6) is 5.88 Å². The molecule has 0 atom stereocenters. The first-order chi connectivity index (χ1) is 18.7. The largest absolute Gasteiger partial charge is 0.473 e. The standard InChI is InChI=1S/C21H23FN2O2.C10H15NO2/c22-18-12-16(21(25)15-4-5-15)6-7-17(18)13-26-20-3-1-2-19(24-20)14-8-10-23-11-9-14;1-10(2,3)13-9(12)11-7-5-4-6-8-11/h1-3,6-7,12,14-15,23H,4-5,8-11,13H2;4-7H,8H2,1-3H3. The second-order valence-electron chi connectivity index (χ2n) is 11.1. The number of carbonyl (C=O) groups excluding carboxylic acids is 2. The van der Waals surface area contributed by atoms with Crippen LogP contribution in [0.15, 0.2) is 60.8 Å². The van der Waals surface area contributed by atoms with Crippen LogP contribution in [0, 0.1) is 11.7 Å². The van der Waals surface area contributed by atoms with Crippen LogP contribution in [-0.4, -0.2) is 47.0 Å². The Hall–Kier alpha value is -3.52. The van der Waals surface area contributed by atoms with Gasteiger partial charge in [0, 0.05) is 47.5 Å². The molecule has 39 heavy (non-hydrogen) atoms. The van der Waals surface area contributed by atoms with E-state index in [1.807, 2.05) is 51.1 Å². The molecule has 3 heterocycles. The molecular weight excluding hydrogens is 497 g/mol. The lowest BCUT2D eigenvalue weighted by atomic mass is 9.94. The van der Waals surface area contributed by atoms with Gasteiger partial charge in [-0.2, -0.15) is 0 Å². The zero-order valence-electron chi connectivity index (χ0n) is 23.0. The zero-order chi connectivity index (χ0) is 27.8. The first-order valence-corrected chi connectivity index (χ1v) is 13.7. The maximum Gasteiger partial charge on any atom is 0.414 e. The van der Waals surface area contributed by atoms with Crippen LogP contribution in [0.2, 0.25) is 0 Å². The Morgan fingerprint density at radius 1 is 1.08 bits per heavy atom. The lowest BCUT2D eigenvalue weighted by Crippen LogP contribution is -2.34. The highest BCUT2D eigenvalue weighted by atomic mass is 19.1. The summed E-state index contributed by atoms with van der Waals surface area (Å²) in [7, 11) is 0. The minimum atomic E-state index is -0.425. The highest BCUT2D eigenvalue weighted by Gasteiger charge is 2.30. The summed E-state index contributed by atoms with van der Waals surface area (Å²) in [4.78, 5) is 29.6. The van der Waals surface area contributed by atoms with Crippen molar-refractivity contribution in [3.05, 3.63) is 83.5 Å². The van der Waals surface area contributed by atoms with Gasteiger partial charge in [0.25, 0.3) is 0 Å². The molecule has 0 spiro atoms. The van der Waals surface area contributed by atoms with Crippen LogP contribution in [-0.2, 0) is 11.3 Å². The van der Waals surface area contributed by atoms with Crippen LogP contribution in [0.25, 0.3) is 0 Å². The Bertz CT molecular complexity index is 1210. The molecule has 2 aliphatic heterocycles. The number of hydrogen-bond donors (Lipinski definition) is 1. The highest BCUT2D eigenvalue weighted by molar-refractivity contribution is 5.99. The lowest BCUT2D eigenvalue weighted by molar-refractivity contribution is 0.0350. The third kappa shape index (κ3) is 8.75. The van der Waals surface area contributed by atoms with E-state index in [2.05, 4.69) is 10.3 Å². The van der Waals surface area contributed by atoms with Gasteiger partial charge in [0.1, 0.15) is 18.0 Å². The van der Waals surface area contributed by atoms with Gasteiger partial charge < -0.3 is 14.8 Å². The Balaban J connectivity index is 0.000000229. The second kappa shape index (κ2) is 13.0. The van der Waals surface area contributed by atoms with Crippen LogP contribution in [0.3, 0.4) is 0 Å². The van der Waals surface area contributed by atoms with Crippen LogP contribution < -0.4 is 10.1 Å². The van der Waals surface area contributed by atoms with E-state index in [1.165, 1.54) is 11.0 Å². The molecule has 3 aliphatic rings. The summed E-state index contributed by atoms with van der Waals surface area (Å²) in [6.07, 6.45) is 11.0. The SMILES string of the molecule is CC(C)(C)OC(=O)N1C=CC=CC1.O=C(c1ccc(COc2cccc(C3CCNCC3)n2)c(F)c1)C1CC1. The van der Waals surface area contributed by atoms with Gasteiger partial charge in [-0.3, -0.25) is 9.69 Å². The molecule has 1 aromatic carbocycles. The molecule has 8 heteroatoms. The number of ether oxygens (including phenoxy) is 2. The summed E-state index contributed by atoms with van der Waals surface area (Å²) in [5.74, 6) is 0.708. The van der Waals surface area contributed by atoms with Crippen molar-refractivity contribution < 1.29 is 23.5 Å². The summed E-state index contributed by atoms with van der Waals surface area (Å²) in [5, 5.41) is 3.35. The number of benzene rings is 1. The van der Waals surface area contributed by atoms with Crippen LogP contribution in [0.1, 0.15) is 74.0 Å². The van der Waals surface area contributed by atoms with Crippen molar-refractivity contribution in [2.24, 2.45) is 5.92 Å². The van der Waals surface area contributed by atoms with E-state index < -0.39 is 11.4 Å². The van der Waals surface area contributed by atoms with Gasteiger partial charge in [-0.05, 0) is 77.8 Å². The van der Waals surface area contributed by atoms with Gasteiger partial charge in [0.15, 0.2) is 5.78 Å². The van der Waals surface area contributed by atoms with E-state index in [9.17, 15) is 14.0 Å². The predicted octanol–water partition coefficient (Wildman–Crippen LogP) is 6.17. The molecule has 0 unspecified atom stereocenters. The summed E-state index contributed by atoms with van der Waals surface area (Å²) in [6.45, 7) is 8.28. The average Bonchev–Trinajstić information content (AvgIpc) is 3.78. The van der Waals surface area contributed by atoms with E-state index >= 15 is 0 Å². The normalized spacial score (nSPS) is 17.3. The van der Waals surface area contributed by atoms with Gasteiger partial charge in [-0.1, -0.05) is 30.4 Å². The molecule has 1 N–H and O–H groups in total. The Kier molecular flexibility index (Phi) is 9.51. The fourth-order valence-electron chi connectivity index (χ4n) is 4.33. The summed E-state index contributed by atoms with van der Waals surface area (Å²) >= 11 is 0. The highest BCUT2D eigenvalue weighted by Crippen LogP contribution is 2.33. The van der Waals surface area contributed by atoms with Gasteiger partial charge in [0.2, 0.25) is 5.88 Å². The second-order valence-corrected chi connectivity index (χ2v) is 11.1. The fraction of sp³-hybridized carbons (Fsp3) is 0.452. The topological polar surface area (TPSA) is 80.8 Å². The van der Waals surface area contributed by atoms with Crippen molar-refractivity contribution >= 4 is 11.9 Å². The number of nitrogens with zero attached hydrogens (tertiary/aromatic N) is 2. The molecule has 1 aliphatic carbocycles. The van der Waals surface area contributed by atoms with E-state index in [4.69, 9.17) is 9.47 Å². The zero-order valence-corrected chi connectivity index (χ0v) is 23.0. The van der Waals surface area contributed by atoms with Crippen molar-refractivity contribution in [1.29, 1.82) is 0 Å². The van der Waals surface area contributed by atoms with Crippen LogP contribution >= 0.6 is 0 Å². The number of pyridine rings is 1. The summed E-state index contributed by atoms with van der Waals surface area (Å²) < 4.78 is 25.2. The molecule has 2 aromatic rings. The van der Waals surface area contributed by atoms with Gasteiger partial charge in [0.05, 0.1) is 0 Å². The minimum absolute atomic E-state index is 0.0488. The first-order valence-electron chi connectivity index (χ1n) is 13.7. The van der Waals surface area contributed by atoms with Crippen molar-refractivity contribution in [2.75, 3.05) is 19.6 Å². The Morgan fingerprint density at radius 2 is 1.85 bits per heavy atom. The molecular formula is C31H38FN3O4. The number of ketones is 1. The minimum Gasteiger partial charge on any atom is -0.473 e. The molecule has 208 valence electrons. The summed E-state index contributed by atoms with van der Waals surface area (Å²) in [6, 6.07) is 10.4. The number of hydrogen-bond acceptors (Lipinski definition) is 6. The third-order valence-corrected chi connectivity index (χ3v) is 6.61. The summed E-state index contributed by atoms with van der Waals surface area (Å²) in [5.41, 5.74) is 1.51. The van der Waals surface area contributed by atoms with Crippen molar-refractivity contribution in [2.45, 2.75) is 64.6 Å². The number of carbonyl (C=O) groups is 2. The molecule has 0 bridgehead atoms. The van der Waals surface area contributed by atoms with Crippen LogP contribution in [0.4, 0.5) is 9.18 Å². The Labute approximate surface area is 230 Å². The molecule has 5 rings (SSSR count). The number of nitrogens with one attached hydrogen (secondary N) is 1. The third-order valence-electron chi connectivity index (χ3n) is 6.61. The number of aromatic nitrogens is 1. The van der Waals surface area contributed by atoms with E-state index in [0.29, 0.717) is 29.5 Å². The molecule has 1 saturated heterocycles. The number of piperidine rings is 1. The Morgan fingerprint density at radius 3 is 2.49 bits per heavy atom. The number of rotatable bonds is 6. The number of allylic oxidation sites excluding steroid dienone is 2. The molecule has 7 nitrogen and oxygen atoms in total.